The molecule has 0 unspecified atom stereocenters. The molecule has 1 aromatic heterocycles. The number of benzene rings is 2. The highest BCUT2D eigenvalue weighted by Gasteiger charge is 2.15. The van der Waals surface area contributed by atoms with E-state index in [4.69, 9.17) is 0 Å². The van der Waals surface area contributed by atoms with Gasteiger partial charge in [0.05, 0.1) is 0 Å². The van der Waals surface area contributed by atoms with E-state index >= 15 is 0 Å². The Morgan fingerprint density at radius 3 is 2.36 bits per heavy atom. The molecule has 1 amide bonds. The fourth-order valence-corrected chi connectivity index (χ4v) is 3.07. The average molecular weight is 374 g/mol. The van der Waals surface area contributed by atoms with Crippen molar-refractivity contribution in [1.82, 2.24) is 15.3 Å². The van der Waals surface area contributed by atoms with Crippen molar-refractivity contribution in [3.8, 4) is 0 Å². The Labute approximate surface area is 166 Å². The summed E-state index contributed by atoms with van der Waals surface area (Å²) in [5.41, 5.74) is 3.45. The zero-order valence-corrected chi connectivity index (χ0v) is 16.4. The molecule has 3 aromatic rings. The second-order valence-corrected chi connectivity index (χ2v) is 6.62. The molecule has 0 aliphatic rings. The van der Waals surface area contributed by atoms with Gasteiger partial charge in [-0.15, -0.1) is 0 Å². The van der Waals surface area contributed by atoms with Crippen LogP contribution in [0.25, 0.3) is 0 Å². The fourth-order valence-electron chi connectivity index (χ4n) is 3.07. The number of aryl methyl sites for hydroxylation is 2. The topological polar surface area (TPSA) is 58.1 Å². The van der Waals surface area contributed by atoms with Gasteiger partial charge in [-0.2, -0.15) is 0 Å². The Morgan fingerprint density at radius 2 is 1.68 bits per heavy atom. The number of anilines is 2. The third-order valence-corrected chi connectivity index (χ3v) is 4.47. The first kappa shape index (κ1) is 19.5. The van der Waals surface area contributed by atoms with Crippen LogP contribution in [-0.2, 0) is 6.42 Å². The van der Waals surface area contributed by atoms with Crippen molar-refractivity contribution in [2.45, 2.75) is 26.7 Å². The first-order valence-corrected chi connectivity index (χ1v) is 9.67. The van der Waals surface area contributed by atoms with Crippen LogP contribution in [0.5, 0.6) is 0 Å². The third kappa shape index (κ3) is 5.16. The number of amides is 1. The highest BCUT2D eigenvalue weighted by Crippen LogP contribution is 2.21. The number of nitrogens with zero attached hydrogens (tertiary/aromatic N) is 3. The van der Waals surface area contributed by atoms with Crippen molar-refractivity contribution in [3.05, 3.63) is 83.7 Å². The van der Waals surface area contributed by atoms with Gasteiger partial charge >= 0.3 is 0 Å². The van der Waals surface area contributed by atoms with E-state index in [9.17, 15) is 4.79 Å². The normalized spacial score (nSPS) is 10.5. The van der Waals surface area contributed by atoms with E-state index in [2.05, 4.69) is 27.4 Å². The molecule has 1 N–H and O–H groups in total. The lowest BCUT2D eigenvalue weighted by Crippen LogP contribution is -2.27. The Hall–Kier alpha value is -3.21. The molecule has 0 aliphatic carbocycles. The smallest absolute Gasteiger partial charge is 0.270 e. The minimum atomic E-state index is -0.163. The van der Waals surface area contributed by atoms with Crippen LogP contribution in [0, 0.1) is 6.92 Å². The zero-order chi connectivity index (χ0) is 19.8. The van der Waals surface area contributed by atoms with Crippen LogP contribution in [0.3, 0.4) is 0 Å². The summed E-state index contributed by atoms with van der Waals surface area (Å²) in [4.78, 5) is 23.6. The molecule has 0 radical (unpaired) electrons. The maximum absolute atomic E-state index is 12.6. The standard InChI is InChI=1S/C23H26N4O/c1-3-27(20-14-8-5-9-15-20)23-25-18(2)17-21(26-23)22(28)24-16-10-13-19-11-6-4-7-12-19/h4-9,11-12,14-15,17H,3,10,13,16H2,1-2H3,(H,24,28). The van der Waals surface area contributed by atoms with Crippen molar-refractivity contribution in [1.29, 1.82) is 0 Å². The number of hydrogen-bond acceptors (Lipinski definition) is 4. The fraction of sp³-hybridized carbons (Fsp3) is 0.261. The van der Waals surface area contributed by atoms with Gasteiger partial charge in [0.25, 0.3) is 5.91 Å². The van der Waals surface area contributed by atoms with Gasteiger partial charge in [0.15, 0.2) is 0 Å². The molecule has 3 rings (SSSR count). The predicted molar refractivity (Wildman–Crippen MR) is 113 cm³/mol. The van der Waals surface area contributed by atoms with Gasteiger partial charge in [-0.3, -0.25) is 4.79 Å². The van der Waals surface area contributed by atoms with E-state index in [1.165, 1.54) is 5.56 Å². The van der Waals surface area contributed by atoms with Crippen molar-refractivity contribution >= 4 is 17.5 Å². The monoisotopic (exact) mass is 374 g/mol. The van der Waals surface area contributed by atoms with E-state index in [1.54, 1.807) is 6.07 Å². The van der Waals surface area contributed by atoms with Gasteiger partial charge < -0.3 is 10.2 Å². The quantitative estimate of drug-likeness (QED) is 0.597. The second-order valence-electron chi connectivity index (χ2n) is 6.62. The molecule has 0 atom stereocenters. The molecule has 0 saturated carbocycles. The molecule has 28 heavy (non-hydrogen) atoms. The van der Waals surface area contributed by atoms with E-state index in [0.717, 1.165) is 24.2 Å². The van der Waals surface area contributed by atoms with Gasteiger partial charge in [0, 0.05) is 24.5 Å². The molecule has 0 saturated heterocycles. The summed E-state index contributed by atoms with van der Waals surface area (Å²) in [5, 5.41) is 2.97. The molecule has 1 heterocycles. The summed E-state index contributed by atoms with van der Waals surface area (Å²) < 4.78 is 0. The van der Waals surface area contributed by atoms with Gasteiger partial charge in [-0.1, -0.05) is 48.5 Å². The molecule has 5 heteroatoms. The minimum Gasteiger partial charge on any atom is -0.351 e. The number of aromatic nitrogens is 2. The van der Waals surface area contributed by atoms with Gasteiger partial charge in [0.1, 0.15) is 5.69 Å². The van der Waals surface area contributed by atoms with Crippen LogP contribution in [0.2, 0.25) is 0 Å². The number of carbonyl (C=O) groups is 1. The maximum Gasteiger partial charge on any atom is 0.270 e. The lowest BCUT2D eigenvalue weighted by atomic mass is 10.1. The largest absolute Gasteiger partial charge is 0.351 e. The molecule has 0 aliphatic heterocycles. The lowest BCUT2D eigenvalue weighted by Gasteiger charge is -2.21. The van der Waals surface area contributed by atoms with Crippen LogP contribution < -0.4 is 10.2 Å². The first-order chi connectivity index (χ1) is 13.7. The average Bonchev–Trinajstić information content (AvgIpc) is 2.73. The summed E-state index contributed by atoms with van der Waals surface area (Å²) in [7, 11) is 0. The molecular weight excluding hydrogens is 348 g/mol. The molecule has 0 spiro atoms. The van der Waals surface area contributed by atoms with Crippen LogP contribution in [0.1, 0.15) is 35.1 Å². The summed E-state index contributed by atoms with van der Waals surface area (Å²) >= 11 is 0. The molecule has 0 bridgehead atoms. The number of hydrogen-bond donors (Lipinski definition) is 1. The molecule has 144 valence electrons. The summed E-state index contributed by atoms with van der Waals surface area (Å²) in [5.74, 6) is 0.382. The molecular formula is C23H26N4O. The summed E-state index contributed by atoms with van der Waals surface area (Å²) in [6.07, 6.45) is 1.82. The van der Waals surface area contributed by atoms with Crippen molar-refractivity contribution < 1.29 is 4.79 Å². The van der Waals surface area contributed by atoms with Crippen molar-refractivity contribution in [2.75, 3.05) is 18.0 Å². The highest BCUT2D eigenvalue weighted by molar-refractivity contribution is 5.92. The van der Waals surface area contributed by atoms with Crippen LogP contribution in [0.4, 0.5) is 11.6 Å². The summed E-state index contributed by atoms with van der Waals surface area (Å²) in [6.45, 7) is 5.26. The Bertz CT molecular complexity index is 897. The maximum atomic E-state index is 12.6. The highest BCUT2D eigenvalue weighted by atomic mass is 16.1. The number of rotatable bonds is 8. The Morgan fingerprint density at radius 1 is 1.00 bits per heavy atom. The predicted octanol–water partition coefficient (Wildman–Crippen LogP) is 4.31. The summed E-state index contributed by atoms with van der Waals surface area (Å²) in [6, 6.07) is 22.0. The molecule has 2 aromatic carbocycles. The van der Waals surface area contributed by atoms with E-state index in [1.807, 2.05) is 67.3 Å². The number of carbonyl (C=O) groups excluding carboxylic acids is 1. The number of nitrogens with one attached hydrogen (secondary N) is 1. The third-order valence-electron chi connectivity index (χ3n) is 4.47. The van der Waals surface area contributed by atoms with Crippen LogP contribution in [0.15, 0.2) is 66.7 Å². The van der Waals surface area contributed by atoms with Crippen LogP contribution in [-0.4, -0.2) is 29.0 Å². The first-order valence-electron chi connectivity index (χ1n) is 9.67. The van der Waals surface area contributed by atoms with Crippen LogP contribution >= 0.6 is 0 Å². The molecule has 5 nitrogen and oxygen atoms in total. The Kier molecular flexibility index (Phi) is 6.73. The lowest BCUT2D eigenvalue weighted by molar-refractivity contribution is 0.0948. The van der Waals surface area contributed by atoms with E-state index in [-0.39, 0.29) is 5.91 Å². The SMILES string of the molecule is CCN(c1ccccc1)c1nc(C)cc(C(=O)NCCCc2ccccc2)n1. The zero-order valence-electron chi connectivity index (χ0n) is 16.4. The van der Waals surface area contributed by atoms with Gasteiger partial charge in [0.2, 0.25) is 5.95 Å². The minimum absolute atomic E-state index is 0.163. The second kappa shape index (κ2) is 9.65. The van der Waals surface area contributed by atoms with E-state index in [0.29, 0.717) is 24.7 Å². The van der Waals surface area contributed by atoms with Crippen molar-refractivity contribution in [3.63, 3.8) is 0 Å². The van der Waals surface area contributed by atoms with Gasteiger partial charge in [-0.05, 0) is 50.5 Å². The van der Waals surface area contributed by atoms with E-state index < -0.39 is 0 Å². The van der Waals surface area contributed by atoms with Gasteiger partial charge in [-0.25, -0.2) is 9.97 Å². The van der Waals surface area contributed by atoms with Crippen molar-refractivity contribution in [2.24, 2.45) is 0 Å². The molecule has 0 fully saturated rings. The number of para-hydroxylation sites is 1. The Balaban J connectivity index is 1.65.